The second-order valence-electron chi connectivity index (χ2n) is 7.08. The third-order valence-corrected chi connectivity index (χ3v) is 7.17. The van der Waals surface area contributed by atoms with Gasteiger partial charge in [0.15, 0.2) is 0 Å². The van der Waals surface area contributed by atoms with E-state index in [4.69, 9.17) is 0 Å². The lowest BCUT2D eigenvalue weighted by Crippen LogP contribution is -2.54. The van der Waals surface area contributed by atoms with E-state index in [0.717, 1.165) is 12.8 Å². The highest BCUT2D eigenvalue weighted by molar-refractivity contribution is 7.88. The fourth-order valence-electron chi connectivity index (χ4n) is 3.82. The number of hydrogen-bond acceptors (Lipinski definition) is 3. The predicted octanol–water partition coefficient (Wildman–Crippen LogP) is 2.02. The van der Waals surface area contributed by atoms with Crippen LogP contribution < -0.4 is 5.32 Å². The van der Waals surface area contributed by atoms with Crippen molar-refractivity contribution in [1.29, 1.82) is 0 Å². The average molecular weight is 346 g/mol. The average Bonchev–Trinajstić information content (AvgIpc) is 2.55. The number of rotatable bonds is 4. The van der Waals surface area contributed by atoms with Crippen LogP contribution in [0.2, 0.25) is 0 Å². The smallest absolute Gasteiger partial charge is 0.317 e. The summed E-state index contributed by atoms with van der Waals surface area (Å²) in [6, 6.07) is 0.227. The molecule has 1 heterocycles. The Morgan fingerprint density at radius 1 is 1.09 bits per heavy atom. The highest BCUT2D eigenvalue weighted by Crippen LogP contribution is 2.41. The van der Waals surface area contributed by atoms with Gasteiger partial charge >= 0.3 is 6.03 Å². The van der Waals surface area contributed by atoms with Gasteiger partial charge in [-0.15, -0.1) is 0 Å². The van der Waals surface area contributed by atoms with E-state index in [1.165, 1.54) is 36.2 Å². The lowest BCUT2D eigenvalue weighted by atomic mass is 9.69. The number of urea groups is 1. The number of hydrogen-bond donors (Lipinski definition) is 1. The molecule has 0 atom stereocenters. The lowest BCUT2D eigenvalue weighted by molar-refractivity contribution is 0.136. The molecular weight excluding hydrogens is 314 g/mol. The van der Waals surface area contributed by atoms with E-state index in [9.17, 15) is 13.2 Å². The molecule has 1 aliphatic carbocycles. The summed E-state index contributed by atoms with van der Waals surface area (Å²) in [6.45, 7) is 6.27. The molecule has 0 bridgehead atoms. The van der Waals surface area contributed by atoms with Crippen molar-refractivity contribution in [2.24, 2.45) is 5.41 Å². The summed E-state index contributed by atoms with van der Waals surface area (Å²) < 4.78 is 24.4. The van der Waals surface area contributed by atoms with Crippen LogP contribution in [0, 0.1) is 5.41 Å². The van der Waals surface area contributed by atoms with Gasteiger partial charge in [0.25, 0.3) is 0 Å². The molecular formula is C16H31N3O3S. The molecule has 6 nitrogen and oxygen atoms in total. The molecule has 1 saturated carbocycles. The Hall–Kier alpha value is -0.820. The van der Waals surface area contributed by atoms with Crippen LogP contribution in [0.4, 0.5) is 4.79 Å². The highest BCUT2D eigenvalue weighted by Gasteiger charge is 2.33. The van der Waals surface area contributed by atoms with Crippen LogP contribution in [0.5, 0.6) is 0 Å². The highest BCUT2D eigenvalue weighted by atomic mass is 32.2. The first kappa shape index (κ1) is 18.5. The zero-order valence-corrected chi connectivity index (χ0v) is 15.5. The molecule has 1 aliphatic heterocycles. The first-order chi connectivity index (χ1) is 10.8. The summed E-state index contributed by atoms with van der Waals surface area (Å²) in [6.07, 6.45) is 8.14. The van der Waals surface area contributed by atoms with Gasteiger partial charge < -0.3 is 10.2 Å². The van der Waals surface area contributed by atoms with Gasteiger partial charge in [0.05, 0.1) is 6.26 Å². The molecule has 2 rings (SSSR count). The van der Waals surface area contributed by atoms with Crippen molar-refractivity contribution in [2.75, 3.05) is 32.4 Å². The number of piperazine rings is 1. The van der Waals surface area contributed by atoms with Gasteiger partial charge in [-0.1, -0.05) is 26.7 Å². The van der Waals surface area contributed by atoms with Crippen LogP contribution in [-0.4, -0.2) is 62.1 Å². The van der Waals surface area contributed by atoms with Gasteiger partial charge in [-0.05, 0) is 31.1 Å². The van der Waals surface area contributed by atoms with E-state index < -0.39 is 10.0 Å². The van der Waals surface area contributed by atoms with Crippen LogP contribution in [0.15, 0.2) is 0 Å². The molecule has 134 valence electrons. The Bertz CT molecular complexity index is 499. The molecule has 0 aromatic heterocycles. The predicted molar refractivity (Wildman–Crippen MR) is 91.8 cm³/mol. The van der Waals surface area contributed by atoms with E-state index >= 15 is 0 Å². The summed E-state index contributed by atoms with van der Waals surface area (Å²) >= 11 is 0. The van der Waals surface area contributed by atoms with Crippen molar-refractivity contribution < 1.29 is 13.2 Å². The first-order valence-corrected chi connectivity index (χ1v) is 10.6. The topological polar surface area (TPSA) is 69.7 Å². The fourth-order valence-corrected chi connectivity index (χ4v) is 4.65. The Morgan fingerprint density at radius 3 is 2.04 bits per heavy atom. The Kier molecular flexibility index (Phi) is 5.94. The lowest BCUT2D eigenvalue weighted by Gasteiger charge is -2.40. The van der Waals surface area contributed by atoms with E-state index in [0.29, 0.717) is 31.6 Å². The third kappa shape index (κ3) is 4.59. The second kappa shape index (κ2) is 7.38. The molecule has 0 aromatic rings. The molecule has 0 radical (unpaired) electrons. The minimum absolute atomic E-state index is 0.0383. The molecule has 2 aliphatic rings. The molecule has 23 heavy (non-hydrogen) atoms. The number of carbonyl (C=O) groups excluding carboxylic acids is 1. The summed E-state index contributed by atoms with van der Waals surface area (Å²) in [4.78, 5) is 14.1. The quantitative estimate of drug-likeness (QED) is 0.847. The number of sulfonamides is 1. The summed E-state index contributed by atoms with van der Waals surface area (Å²) in [5, 5.41) is 3.15. The van der Waals surface area contributed by atoms with E-state index in [1.54, 1.807) is 4.90 Å². The number of nitrogens with one attached hydrogen (secondary N) is 1. The van der Waals surface area contributed by atoms with Crippen LogP contribution in [0.3, 0.4) is 0 Å². The number of amides is 2. The third-order valence-electron chi connectivity index (χ3n) is 5.87. The zero-order valence-electron chi connectivity index (χ0n) is 14.7. The van der Waals surface area contributed by atoms with Crippen LogP contribution >= 0.6 is 0 Å². The molecule has 0 unspecified atom stereocenters. The van der Waals surface area contributed by atoms with Gasteiger partial charge in [0, 0.05) is 32.2 Å². The molecule has 0 aromatic carbocycles. The van der Waals surface area contributed by atoms with Crippen LogP contribution in [0.1, 0.15) is 52.4 Å². The van der Waals surface area contributed by atoms with Crippen molar-refractivity contribution in [3.05, 3.63) is 0 Å². The van der Waals surface area contributed by atoms with Crippen molar-refractivity contribution in [1.82, 2.24) is 14.5 Å². The number of carbonyl (C=O) groups is 1. The van der Waals surface area contributed by atoms with Gasteiger partial charge in [-0.3, -0.25) is 0 Å². The monoisotopic (exact) mass is 345 g/mol. The van der Waals surface area contributed by atoms with Crippen molar-refractivity contribution >= 4 is 16.1 Å². The fraction of sp³-hybridized carbons (Fsp3) is 0.938. The Morgan fingerprint density at radius 2 is 1.61 bits per heavy atom. The standard InChI is InChI=1S/C16H31N3O3S/c1-4-16(5-2)8-6-14(7-9-16)17-15(20)18-10-12-19(13-11-18)23(3,21)22/h14H,4-13H2,1-3H3,(H,17,20). The Labute approximate surface area is 140 Å². The first-order valence-electron chi connectivity index (χ1n) is 8.80. The van der Waals surface area contributed by atoms with Crippen molar-refractivity contribution in [2.45, 2.75) is 58.4 Å². The molecule has 2 fully saturated rings. The van der Waals surface area contributed by atoms with Crippen LogP contribution in [-0.2, 0) is 10.0 Å². The summed E-state index contributed by atoms with van der Waals surface area (Å²) in [5.41, 5.74) is 0.475. The maximum absolute atomic E-state index is 12.4. The van der Waals surface area contributed by atoms with E-state index in [-0.39, 0.29) is 12.1 Å². The Balaban J connectivity index is 1.78. The molecule has 2 amide bonds. The zero-order chi connectivity index (χ0) is 17.1. The van der Waals surface area contributed by atoms with Crippen molar-refractivity contribution in [3.63, 3.8) is 0 Å². The van der Waals surface area contributed by atoms with Crippen molar-refractivity contribution in [3.8, 4) is 0 Å². The normalized spacial score (nSPS) is 23.7. The molecule has 1 N–H and O–H groups in total. The number of nitrogens with zero attached hydrogens (tertiary/aromatic N) is 2. The van der Waals surface area contributed by atoms with Gasteiger partial charge in [0.1, 0.15) is 0 Å². The molecule has 7 heteroatoms. The summed E-state index contributed by atoms with van der Waals surface area (Å²) in [7, 11) is -3.15. The minimum atomic E-state index is -3.15. The molecule has 0 spiro atoms. The SMILES string of the molecule is CCC1(CC)CCC(NC(=O)N2CCN(S(C)(=O)=O)CC2)CC1. The summed E-state index contributed by atoms with van der Waals surface area (Å²) in [5.74, 6) is 0. The van der Waals surface area contributed by atoms with E-state index in [1.807, 2.05) is 0 Å². The van der Waals surface area contributed by atoms with Gasteiger partial charge in [-0.2, -0.15) is 4.31 Å². The van der Waals surface area contributed by atoms with Gasteiger partial charge in [-0.25, -0.2) is 13.2 Å². The van der Waals surface area contributed by atoms with Crippen LogP contribution in [0.25, 0.3) is 0 Å². The minimum Gasteiger partial charge on any atom is -0.335 e. The van der Waals surface area contributed by atoms with Gasteiger partial charge in [0.2, 0.25) is 10.0 Å². The largest absolute Gasteiger partial charge is 0.335 e. The second-order valence-corrected chi connectivity index (χ2v) is 9.06. The van der Waals surface area contributed by atoms with E-state index in [2.05, 4.69) is 19.2 Å². The maximum Gasteiger partial charge on any atom is 0.317 e. The molecule has 1 saturated heterocycles. The maximum atomic E-state index is 12.4.